The lowest BCUT2D eigenvalue weighted by molar-refractivity contribution is 0.178. The minimum Gasteiger partial charge on any atom is -0.388 e. The van der Waals surface area contributed by atoms with Gasteiger partial charge in [-0.05, 0) is 29.3 Å². The normalized spacial score (nSPS) is 13.0. The Morgan fingerprint density at radius 2 is 2.38 bits per heavy atom. The van der Waals surface area contributed by atoms with Crippen LogP contribution in [0.5, 0.6) is 0 Å². The third-order valence-corrected chi connectivity index (χ3v) is 3.72. The Balaban J connectivity index is 2.24. The molecule has 0 aliphatic carbocycles. The van der Waals surface area contributed by atoms with E-state index in [1.165, 1.54) is 0 Å². The molecule has 0 aliphatic rings. The minimum atomic E-state index is -0.587. The lowest BCUT2D eigenvalue weighted by atomic mass is 10.0. The Kier molecular flexibility index (Phi) is 3.33. The average Bonchev–Trinajstić information content (AvgIpc) is 2.77. The van der Waals surface area contributed by atoms with Gasteiger partial charge < -0.3 is 5.11 Å². The number of thiophene rings is 1. The molecule has 5 heteroatoms. The number of nitrogens with zero attached hydrogens (tertiary/aromatic N) is 2. The fourth-order valence-electron chi connectivity index (χ4n) is 1.76. The maximum absolute atomic E-state index is 10.1. The second kappa shape index (κ2) is 4.57. The lowest BCUT2D eigenvalue weighted by Gasteiger charge is -2.09. The fourth-order valence-corrected chi connectivity index (χ4v) is 2.74. The summed E-state index contributed by atoms with van der Waals surface area (Å²) < 4.78 is 1.59. The molecule has 1 N–H and O–H groups in total. The van der Waals surface area contributed by atoms with Crippen molar-refractivity contribution in [3.63, 3.8) is 0 Å². The van der Waals surface area contributed by atoms with Gasteiger partial charge in [-0.15, -0.1) is 0 Å². The molecule has 0 fully saturated rings. The number of halogens is 1. The average molecular weight is 257 g/mol. The predicted octanol–water partition coefficient (Wildman–Crippen LogP) is 2.72. The molecule has 1 atom stereocenters. The van der Waals surface area contributed by atoms with Gasteiger partial charge in [-0.3, -0.25) is 4.68 Å². The number of hydrogen-bond donors (Lipinski definition) is 1. The van der Waals surface area contributed by atoms with Crippen LogP contribution >= 0.6 is 22.9 Å². The molecule has 0 aromatic carbocycles. The third-order valence-electron chi connectivity index (χ3n) is 2.54. The molecule has 0 bridgehead atoms. The molecule has 2 aromatic rings. The molecular weight excluding hydrogens is 244 g/mol. The maximum atomic E-state index is 10.1. The summed E-state index contributed by atoms with van der Waals surface area (Å²) in [5.74, 6) is 0. The Bertz CT molecular complexity index is 478. The summed E-state index contributed by atoms with van der Waals surface area (Å²) in [6, 6.07) is 2.01. The van der Waals surface area contributed by atoms with E-state index >= 15 is 0 Å². The van der Waals surface area contributed by atoms with Gasteiger partial charge in [-0.1, -0.05) is 11.6 Å². The molecule has 3 nitrogen and oxygen atoms in total. The number of hydrogen-bond acceptors (Lipinski definition) is 3. The summed E-state index contributed by atoms with van der Waals surface area (Å²) in [6.45, 7) is 1.86. The molecule has 0 amide bonds. The molecule has 0 radical (unpaired) electrons. The van der Waals surface area contributed by atoms with E-state index in [4.69, 9.17) is 11.6 Å². The number of aliphatic hydroxyl groups excluding tert-OH is 1. The zero-order chi connectivity index (χ0) is 11.7. The zero-order valence-electron chi connectivity index (χ0n) is 9.14. The van der Waals surface area contributed by atoms with Crippen molar-refractivity contribution in [2.45, 2.75) is 19.4 Å². The topological polar surface area (TPSA) is 38.0 Å². The number of aromatic nitrogens is 2. The van der Waals surface area contributed by atoms with Gasteiger partial charge in [0.05, 0.1) is 11.8 Å². The first-order valence-corrected chi connectivity index (χ1v) is 6.29. The highest BCUT2D eigenvalue weighted by molar-refractivity contribution is 7.07. The SMILES string of the molecule is Cc1nn(C)c(Cl)c1C(O)Cc1ccsc1. The summed E-state index contributed by atoms with van der Waals surface area (Å²) in [5.41, 5.74) is 2.64. The van der Waals surface area contributed by atoms with Crippen LogP contribution in [0.4, 0.5) is 0 Å². The highest BCUT2D eigenvalue weighted by atomic mass is 35.5. The van der Waals surface area contributed by atoms with E-state index in [9.17, 15) is 5.11 Å². The molecule has 0 spiro atoms. The molecule has 0 aliphatic heterocycles. The van der Waals surface area contributed by atoms with E-state index < -0.39 is 6.10 Å². The molecule has 16 heavy (non-hydrogen) atoms. The van der Waals surface area contributed by atoms with Gasteiger partial charge in [0.2, 0.25) is 0 Å². The minimum absolute atomic E-state index is 0.514. The highest BCUT2D eigenvalue weighted by Gasteiger charge is 2.19. The van der Waals surface area contributed by atoms with E-state index in [0.29, 0.717) is 11.6 Å². The predicted molar refractivity (Wildman–Crippen MR) is 65.9 cm³/mol. The van der Waals surface area contributed by atoms with Crippen LogP contribution in [0.3, 0.4) is 0 Å². The molecule has 0 saturated heterocycles. The number of aliphatic hydroxyl groups is 1. The van der Waals surface area contributed by atoms with Crippen molar-refractivity contribution in [2.75, 3.05) is 0 Å². The van der Waals surface area contributed by atoms with E-state index in [2.05, 4.69) is 5.10 Å². The fraction of sp³-hybridized carbons (Fsp3) is 0.364. The van der Waals surface area contributed by atoms with Crippen LogP contribution in [0.1, 0.15) is 22.9 Å². The van der Waals surface area contributed by atoms with Crippen molar-refractivity contribution in [1.82, 2.24) is 9.78 Å². The van der Waals surface area contributed by atoms with Crippen molar-refractivity contribution >= 4 is 22.9 Å². The van der Waals surface area contributed by atoms with Gasteiger partial charge in [0, 0.05) is 19.0 Å². The van der Waals surface area contributed by atoms with Crippen LogP contribution < -0.4 is 0 Å². The Morgan fingerprint density at radius 1 is 1.62 bits per heavy atom. The summed E-state index contributed by atoms with van der Waals surface area (Å²) in [5, 5.41) is 18.9. The summed E-state index contributed by atoms with van der Waals surface area (Å²) >= 11 is 7.72. The van der Waals surface area contributed by atoms with Gasteiger partial charge in [-0.2, -0.15) is 16.4 Å². The molecule has 2 heterocycles. The second-order valence-corrected chi connectivity index (χ2v) is 4.90. The van der Waals surface area contributed by atoms with Crippen LogP contribution in [-0.2, 0) is 13.5 Å². The second-order valence-electron chi connectivity index (χ2n) is 3.77. The highest BCUT2D eigenvalue weighted by Crippen LogP contribution is 2.28. The molecule has 2 aromatic heterocycles. The van der Waals surface area contributed by atoms with E-state index in [0.717, 1.165) is 16.8 Å². The number of aryl methyl sites for hydroxylation is 2. The first-order chi connectivity index (χ1) is 7.59. The maximum Gasteiger partial charge on any atom is 0.132 e. The van der Waals surface area contributed by atoms with Crippen molar-refractivity contribution in [1.29, 1.82) is 0 Å². The Morgan fingerprint density at radius 3 is 2.88 bits per heavy atom. The molecule has 0 saturated carbocycles. The first-order valence-electron chi connectivity index (χ1n) is 4.97. The van der Waals surface area contributed by atoms with Crippen molar-refractivity contribution in [3.8, 4) is 0 Å². The molecular formula is C11H13ClN2OS. The van der Waals surface area contributed by atoms with Crippen LogP contribution in [0, 0.1) is 6.92 Å². The monoisotopic (exact) mass is 256 g/mol. The van der Waals surface area contributed by atoms with Crippen LogP contribution in [-0.4, -0.2) is 14.9 Å². The van der Waals surface area contributed by atoms with Gasteiger partial charge in [0.15, 0.2) is 0 Å². The van der Waals surface area contributed by atoms with Gasteiger partial charge in [0.1, 0.15) is 5.15 Å². The van der Waals surface area contributed by atoms with Crippen molar-refractivity contribution < 1.29 is 5.11 Å². The zero-order valence-corrected chi connectivity index (χ0v) is 10.7. The largest absolute Gasteiger partial charge is 0.388 e. The van der Waals surface area contributed by atoms with E-state index in [-0.39, 0.29) is 0 Å². The number of rotatable bonds is 3. The van der Waals surface area contributed by atoms with E-state index in [1.807, 2.05) is 23.8 Å². The third kappa shape index (κ3) is 2.14. The van der Waals surface area contributed by atoms with Crippen LogP contribution in [0.2, 0.25) is 5.15 Å². The molecule has 1 unspecified atom stereocenters. The van der Waals surface area contributed by atoms with Crippen LogP contribution in [0.25, 0.3) is 0 Å². The van der Waals surface area contributed by atoms with E-state index in [1.54, 1.807) is 23.1 Å². The lowest BCUT2D eigenvalue weighted by Crippen LogP contribution is -2.02. The van der Waals surface area contributed by atoms with Gasteiger partial charge in [-0.25, -0.2) is 0 Å². The smallest absolute Gasteiger partial charge is 0.132 e. The standard InChI is InChI=1S/C11H13ClN2OS/c1-7-10(11(12)14(2)13-7)9(15)5-8-3-4-16-6-8/h3-4,6,9,15H,5H2,1-2H3. The van der Waals surface area contributed by atoms with Gasteiger partial charge in [0.25, 0.3) is 0 Å². The molecule has 2 rings (SSSR count). The first kappa shape index (κ1) is 11.6. The molecule has 86 valence electrons. The Hall–Kier alpha value is -0.840. The summed E-state index contributed by atoms with van der Waals surface area (Å²) in [7, 11) is 1.77. The van der Waals surface area contributed by atoms with Gasteiger partial charge >= 0.3 is 0 Å². The van der Waals surface area contributed by atoms with Crippen molar-refractivity contribution in [3.05, 3.63) is 38.8 Å². The summed E-state index contributed by atoms with van der Waals surface area (Å²) in [6.07, 6.45) is -0.00810. The summed E-state index contributed by atoms with van der Waals surface area (Å²) in [4.78, 5) is 0. The Labute approximate surface area is 103 Å². The van der Waals surface area contributed by atoms with Crippen LogP contribution in [0.15, 0.2) is 16.8 Å². The quantitative estimate of drug-likeness (QED) is 0.917. The van der Waals surface area contributed by atoms with Crippen molar-refractivity contribution in [2.24, 2.45) is 7.05 Å².